The van der Waals surface area contributed by atoms with Gasteiger partial charge in [0.15, 0.2) is 0 Å². The van der Waals surface area contributed by atoms with Crippen molar-refractivity contribution in [3.63, 3.8) is 0 Å². The summed E-state index contributed by atoms with van der Waals surface area (Å²) in [4.78, 5) is 3.92. The zero-order chi connectivity index (χ0) is 13.1. The maximum absolute atomic E-state index is 12.9. The van der Waals surface area contributed by atoms with Gasteiger partial charge in [0, 0.05) is 0 Å². The van der Waals surface area contributed by atoms with Crippen molar-refractivity contribution in [1.82, 2.24) is 4.98 Å². The lowest BCUT2D eigenvalue weighted by Gasteiger charge is -2.08. The smallest absolute Gasteiger partial charge is 0.237 e. The van der Waals surface area contributed by atoms with Gasteiger partial charge in [0.2, 0.25) is 5.88 Å². The highest BCUT2D eigenvalue weighted by molar-refractivity contribution is 9.10. The van der Waals surface area contributed by atoms with Crippen molar-refractivity contribution in [2.75, 3.05) is 5.73 Å². The van der Waals surface area contributed by atoms with E-state index in [-0.39, 0.29) is 17.3 Å². The molecular weight excluding hydrogens is 301 g/mol. The number of anilines is 1. The van der Waals surface area contributed by atoms with Crippen LogP contribution >= 0.6 is 15.9 Å². The third kappa shape index (κ3) is 2.57. The molecule has 2 aromatic rings. The minimum atomic E-state index is -0.389. The van der Waals surface area contributed by atoms with E-state index >= 15 is 0 Å². The Bertz CT molecular complexity index is 640. The highest BCUT2D eigenvalue weighted by Gasteiger charge is 2.09. The molecule has 0 unspecified atom stereocenters. The molecule has 90 valence electrons. The van der Waals surface area contributed by atoms with E-state index in [0.29, 0.717) is 15.9 Å². The van der Waals surface area contributed by atoms with Gasteiger partial charge in [-0.3, -0.25) is 0 Å². The summed E-state index contributed by atoms with van der Waals surface area (Å²) in [6.45, 7) is 0. The number of hydrogen-bond acceptors (Lipinski definition) is 4. The van der Waals surface area contributed by atoms with E-state index in [1.54, 1.807) is 0 Å². The van der Waals surface area contributed by atoms with Gasteiger partial charge in [-0.25, -0.2) is 9.37 Å². The Morgan fingerprint density at radius 3 is 2.83 bits per heavy atom. The van der Waals surface area contributed by atoms with Gasteiger partial charge in [-0.05, 0) is 40.2 Å². The number of benzene rings is 1. The maximum atomic E-state index is 12.9. The van der Waals surface area contributed by atoms with Crippen molar-refractivity contribution in [2.45, 2.75) is 0 Å². The first kappa shape index (κ1) is 12.3. The van der Waals surface area contributed by atoms with Crippen molar-refractivity contribution < 1.29 is 9.13 Å². The number of pyridine rings is 1. The molecule has 0 saturated carbocycles. The Hall–Kier alpha value is -2.13. The van der Waals surface area contributed by atoms with Crippen LogP contribution in [-0.4, -0.2) is 4.98 Å². The fourth-order valence-corrected chi connectivity index (χ4v) is 1.72. The van der Waals surface area contributed by atoms with Crippen LogP contribution in [0.1, 0.15) is 5.56 Å². The van der Waals surface area contributed by atoms with Crippen molar-refractivity contribution in [3.8, 4) is 17.7 Å². The molecule has 1 aromatic carbocycles. The summed E-state index contributed by atoms with van der Waals surface area (Å²) in [7, 11) is 0. The first-order valence-corrected chi connectivity index (χ1v) is 5.68. The molecule has 1 aromatic heterocycles. The van der Waals surface area contributed by atoms with E-state index in [2.05, 4.69) is 20.9 Å². The lowest BCUT2D eigenvalue weighted by Crippen LogP contribution is -1.95. The van der Waals surface area contributed by atoms with Gasteiger partial charge >= 0.3 is 0 Å². The van der Waals surface area contributed by atoms with Crippen molar-refractivity contribution in [3.05, 3.63) is 46.3 Å². The molecule has 4 nitrogen and oxygen atoms in total. The second-order valence-electron chi connectivity index (χ2n) is 3.41. The predicted molar refractivity (Wildman–Crippen MR) is 67.5 cm³/mol. The molecular formula is C12H7BrFN3O. The number of nitrogens with zero attached hydrogens (tertiary/aromatic N) is 2. The molecule has 2 N–H and O–H groups in total. The molecule has 0 saturated heterocycles. The fourth-order valence-electron chi connectivity index (χ4n) is 1.29. The molecule has 0 amide bonds. The number of nitriles is 1. The molecule has 0 atom stereocenters. The van der Waals surface area contributed by atoms with Crippen LogP contribution in [0, 0.1) is 17.1 Å². The monoisotopic (exact) mass is 307 g/mol. The van der Waals surface area contributed by atoms with Gasteiger partial charge in [-0.15, -0.1) is 0 Å². The SMILES string of the molecule is N#Cc1cc(N)cnc1Oc1ccc(F)cc1Br. The van der Waals surface area contributed by atoms with Gasteiger partial charge < -0.3 is 10.5 Å². The van der Waals surface area contributed by atoms with E-state index in [9.17, 15) is 4.39 Å². The van der Waals surface area contributed by atoms with E-state index < -0.39 is 0 Å². The average Bonchev–Trinajstić information content (AvgIpc) is 2.34. The van der Waals surface area contributed by atoms with E-state index in [1.165, 1.54) is 30.5 Å². The summed E-state index contributed by atoms with van der Waals surface area (Å²) in [6, 6.07) is 7.35. The molecule has 0 aliphatic heterocycles. The summed E-state index contributed by atoms with van der Waals surface area (Å²) in [5.41, 5.74) is 6.10. The zero-order valence-corrected chi connectivity index (χ0v) is 10.6. The highest BCUT2D eigenvalue weighted by Crippen LogP contribution is 2.31. The van der Waals surface area contributed by atoms with Crippen LogP contribution in [0.2, 0.25) is 0 Å². The Morgan fingerprint density at radius 1 is 1.39 bits per heavy atom. The predicted octanol–water partition coefficient (Wildman–Crippen LogP) is 3.23. The Morgan fingerprint density at radius 2 is 2.17 bits per heavy atom. The summed E-state index contributed by atoms with van der Waals surface area (Å²) in [5, 5.41) is 8.94. The number of ether oxygens (including phenoxy) is 1. The average molecular weight is 308 g/mol. The minimum absolute atomic E-state index is 0.124. The largest absolute Gasteiger partial charge is 0.436 e. The number of hydrogen-bond donors (Lipinski definition) is 1. The molecule has 0 aliphatic carbocycles. The van der Waals surface area contributed by atoms with Crippen molar-refractivity contribution >= 4 is 21.6 Å². The second-order valence-corrected chi connectivity index (χ2v) is 4.26. The van der Waals surface area contributed by atoms with E-state index in [1.807, 2.05) is 6.07 Å². The Balaban J connectivity index is 2.37. The summed E-state index contributed by atoms with van der Waals surface area (Å²) in [5.74, 6) is 0.101. The van der Waals surface area contributed by atoms with Crippen molar-refractivity contribution in [1.29, 1.82) is 5.26 Å². The number of aromatic nitrogens is 1. The van der Waals surface area contributed by atoms with Crippen LogP contribution in [0.5, 0.6) is 11.6 Å². The first-order chi connectivity index (χ1) is 8.60. The Kier molecular flexibility index (Phi) is 3.44. The van der Waals surface area contributed by atoms with Gasteiger partial charge in [0.1, 0.15) is 23.2 Å². The quantitative estimate of drug-likeness (QED) is 0.924. The highest BCUT2D eigenvalue weighted by atomic mass is 79.9. The number of halogens is 2. The lowest BCUT2D eigenvalue weighted by atomic mass is 10.2. The molecule has 0 bridgehead atoms. The molecule has 18 heavy (non-hydrogen) atoms. The van der Waals surface area contributed by atoms with Gasteiger partial charge in [0.25, 0.3) is 0 Å². The van der Waals surface area contributed by atoms with E-state index in [4.69, 9.17) is 15.7 Å². The minimum Gasteiger partial charge on any atom is -0.436 e. The molecule has 1 heterocycles. The third-order valence-electron chi connectivity index (χ3n) is 2.09. The molecule has 0 spiro atoms. The van der Waals surface area contributed by atoms with Crippen molar-refractivity contribution in [2.24, 2.45) is 0 Å². The summed E-state index contributed by atoms with van der Waals surface area (Å²) in [6.07, 6.45) is 1.38. The van der Waals surface area contributed by atoms with E-state index in [0.717, 1.165) is 0 Å². The first-order valence-electron chi connectivity index (χ1n) is 4.88. The molecule has 2 rings (SSSR count). The van der Waals surface area contributed by atoms with Crippen LogP contribution in [0.4, 0.5) is 10.1 Å². The third-order valence-corrected chi connectivity index (χ3v) is 2.71. The Labute approximate surface area is 111 Å². The van der Waals surface area contributed by atoms with Crippen LogP contribution in [0.15, 0.2) is 34.9 Å². The maximum Gasteiger partial charge on any atom is 0.237 e. The van der Waals surface area contributed by atoms with Crippen LogP contribution in [0.25, 0.3) is 0 Å². The summed E-state index contributed by atoms with van der Waals surface area (Å²) >= 11 is 3.17. The zero-order valence-electron chi connectivity index (χ0n) is 9.02. The fraction of sp³-hybridized carbons (Fsp3) is 0. The summed E-state index contributed by atoms with van der Waals surface area (Å²) < 4.78 is 18.8. The van der Waals surface area contributed by atoms with Crippen LogP contribution < -0.4 is 10.5 Å². The molecule has 0 fully saturated rings. The van der Waals surface area contributed by atoms with Gasteiger partial charge in [-0.2, -0.15) is 5.26 Å². The lowest BCUT2D eigenvalue weighted by molar-refractivity contribution is 0.457. The van der Waals surface area contributed by atoms with Gasteiger partial charge in [0.05, 0.1) is 16.4 Å². The van der Waals surface area contributed by atoms with Crippen LogP contribution in [0.3, 0.4) is 0 Å². The molecule has 6 heteroatoms. The molecule has 0 aliphatic rings. The number of rotatable bonds is 2. The second kappa shape index (κ2) is 5.02. The molecule has 0 radical (unpaired) electrons. The normalized spacial score (nSPS) is 9.83. The topological polar surface area (TPSA) is 71.9 Å². The van der Waals surface area contributed by atoms with Crippen LogP contribution in [-0.2, 0) is 0 Å². The number of nitrogen functional groups attached to an aromatic ring is 1. The number of nitrogens with two attached hydrogens (primary N) is 1. The van der Waals surface area contributed by atoms with Gasteiger partial charge in [-0.1, -0.05) is 0 Å². The standard InChI is InChI=1S/C12H7BrFN3O/c13-10-4-8(14)1-2-11(10)18-12-7(5-15)3-9(16)6-17-12/h1-4,6H,16H2.